The highest BCUT2D eigenvalue weighted by Gasteiger charge is 2.19. The second-order valence-corrected chi connectivity index (χ2v) is 3.74. The van der Waals surface area contributed by atoms with Gasteiger partial charge in [-0.1, -0.05) is 18.2 Å². The Kier molecular flexibility index (Phi) is 3.61. The van der Waals surface area contributed by atoms with Crippen LogP contribution in [0.1, 0.15) is 27.9 Å². The van der Waals surface area contributed by atoms with Crippen LogP contribution < -0.4 is 4.74 Å². The van der Waals surface area contributed by atoms with Crippen LogP contribution in [-0.2, 0) is 6.54 Å². The molecule has 2 rings (SSSR count). The molecule has 0 radical (unpaired) electrons. The van der Waals surface area contributed by atoms with E-state index in [0.717, 1.165) is 0 Å². The fourth-order valence-corrected chi connectivity index (χ4v) is 1.58. The normalized spacial score (nSPS) is 10.2. The molecule has 0 bridgehead atoms. The summed E-state index contributed by atoms with van der Waals surface area (Å²) in [5.41, 5.74) is -0.0642. The number of benzene rings is 1. The number of aromatic nitrogens is 2. The van der Waals surface area contributed by atoms with Crippen LogP contribution in [0.5, 0.6) is 5.75 Å². The highest BCUT2D eigenvalue weighted by atomic mass is 16.5. The Labute approximate surface area is 109 Å². The largest absolute Gasteiger partial charge is 0.477 e. The van der Waals surface area contributed by atoms with Gasteiger partial charge >= 0.3 is 11.9 Å². The van der Waals surface area contributed by atoms with E-state index >= 15 is 0 Å². The SMILES string of the molecule is CCn1nc(C(=O)Oc2ccccc2)cc1C(=O)O. The van der Waals surface area contributed by atoms with E-state index in [9.17, 15) is 9.59 Å². The standard InChI is InChI=1S/C13H12N2O4/c1-2-15-11(12(16)17)8-10(14-15)13(18)19-9-6-4-3-5-7-9/h3-8H,2H2,1H3,(H,16,17). The zero-order valence-electron chi connectivity index (χ0n) is 10.2. The molecular formula is C13H12N2O4. The number of hydrogen-bond donors (Lipinski definition) is 1. The van der Waals surface area contributed by atoms with E-state index in [-0.39, 0.29) is 11.4 Å². The van der Waals surface area contributed by atoms with Crippen molar-refractivity contribution in [2.45, 2.75) is 13.5 Å². The second-order valence-electron chi connectivity index (χ2n) is 3.74. The first-order chi connectivity index (χ1) is 9.11. The Balaban J connectivity index is 2.22. The third-order valence-electron chi connectivity index (χ3n) is 2.46. The fraction of sp³-hybridized carbons (Fsp3) is 0.154. The zero-order chi connectivity index (χ0) is 13.8. The van der Waals surface area contributed by atoms with E-state index in [0.29, 0.717) is 12.3 Å². The molecule has 0 fully saturated rings. The van der Waals surface area contributed by atoms with Crippen LogP contribution in [0.15, 0.2) is 36.4 Å². The molecule has 1 aromatic carbocycles. The Morgan fingerprint density at radius 1 is 1.32 bits per heavy atom. The van der Waals surface area contributed by atoms with Crippen molar-refractivity contribution in [3.8, 4) is 5.75 Å². The second kappa shape index (κ2) is 5.34. The molecule has 0 aliphatic carbocycles. The van der Waals surface area contributed by atoms with Crippen molar-refractivity contribution in [2.75, 3.05) is 0 Å². The maximum Gasteiger partial charge on any atom is 0.364 e. The summed E-state index contributed by atoms with van der Waals surface area (Å²) in [6, 6.07) is 9.73. The predicted molar refractivity (Wildman–Crippen MR) is 66.3 cm³/mol. The number of hydrogen-bond acceptors (Lipinski definition) is 4. The number of carboxylic acid groups (broad SMARTS) is 1. The van der Waals surface area contributed by atoms with Crippen molar-refractivity contribution in [3.63, 3.8) is 0 Å². The average molecular weight is 260 g/mol. The minimum atomic E-state index is -1.13. The van der Waals surface area contributed by atoms with Crippen molar-refractivity contribution in [3.05, 3.63) is 47.8 Å². The molecule has 0 aliphatic rings. The number of aryl methyl sites for hydroxylation is 1. The topological polar surface area (TPSA) is 81.4 Å². The first-order valence-corrected chi connectivity index (χ1v) is 5.70. The van der Waals surface area contributed by atoms with Gasteiger partial charge in [-0.3, -0.25) is 4.68 Å². The van der Waals surface area contributed by atoms with Crippen LogP contribution >= 0.6 is 0 Å². The number of ether oxygens (including phenoxy) is 1. The summed E-state index contributed by atoms with van der Waals surface area (Å²) in [5, 5.41) is 12.9. The molecule has 0 amide bonds. The van der Waals surface area contributed by atoms with Gasteiger partial charge in [-0.25, -0.2) is 9.59 Å². The van der Waals surface area contributed by atoms with Gasteiger partial charge in [0.15, 0.2) is 5.69 Å². The summed E-state index contributed by atoms with van der Waals surface area (Å²) in [7, 11) is 0. The summed E-state index contributed by atoms with van der Waals surface area (Å²) < 4.78 is 6.33. The molecule has 0 saturated carbocycles. The van der Waals surface area contributed by atoms with Crippen LogP contribution in [0.25, 0.3) is 0 Å². The van der Waals surface area contributed by atoms with Gasteiger partial charge in [-0.05, 0) is 19.1 Å². The fourth-order valence-electron chi connectivity index (χ4n) is 1.58. The average Bonchev–Trinajstić information content (AvgIpc) is 2.84. The molecule has 0 aliphatic heterocycles. The number of carbonyl (C=O) groups is 2. The van der Waals surface area contributed by atoms with Crippen LogP contribution in [0.4, 0.5) is 0 Å². The highest BCUT2D eigenvalue weighted by Crippen LogP contribution is 2.12. The van der Waals surface area contributed by atoms with Gasteiger partial charge < -0.3 is 9.84 Å². The molecule has 0 spiro atoms. The quantitative estimate of drug-likeness (QED) is 0.669. The first-order valence-electron chi connectivity index (χ1n) is 5.70. The summed E-state index contributed by atoms with van der Waals surface area (Å²) >= 11 is 0. The number of aromatic carboxylic acids is 1. The van der Waals surface area contributed by atoms with Crippen molar-refractivity contribution in [2.24, 2.45) is 0 Å². The van der Waals surface area contributed by atoms with Crippen molar-refractivity contribution < 1.29 is 19.4 Å². The van der Waals surface area contributed by atoms with Crippen molar-refractivity contribution in [1.29, 1.82) is 0 Å². The van der Waals surface area contributed by atoms with Crippen LogP contribution in [0, 0.1) is 0 Å². The minimum Gasteiger partial charge on any atom is -0.477 e. The van der Waals surface area contributed by atoms with E-state index < -0.39 is 11.9 Å². The summed E-state index contributed by atoms with van der Waals surface area (Å²) in [4.78, 5) is 22.8. The third kappa shape index (κ3) is 2.79. The number of para-hydroxylation sites is 1. The molecule has 19 heavy (non-hydrogen) atoms. The number of rotatable bonds is 4. The van der Waals surface area contributed by atoms with Gasteiger partial charge in [0, 0.05) is 12.6 Å². The molecule has 98 valence electrons. The lowest BCUT2D eigenvalue weighted by Gasteiger charge is -2.00. The smallest absolute Gasteiger partial charge is 0.364 e. The lowest BCUT2D eigenvalue weighted by atomic mass is 10.3. The maximum atomic E-state index is 11.8. The van der Waals surface area contributed by atoms with Gasteiger partial charge in [0.2, 0.25) is 0 Å². The van der Waals surface area contributed by atoms with E-state index in [1.54, 1.807) is 37.3 Å². The van der Waals surface area contributed by atoms with E-state index in [1.807, 2.05) is 0 Å². The monoisotopic (exact) mass is 260 g/mol. The molecule has 0 saturated heterocycles. The molecule has 1 aromatic heterocycles. The van der Waals surface area contributed by atoms with Crippen LogP contribution in [-0.4, -0.2) is 26.8 Å². The van der Waals surface area contributed by atoms with E-state index in [1.165, 1.54) is 10.7 Å². The molecule has 0 atom stereocenters. The Morgan fingerprint density at radius 3 is 2.53 bits per heavy atom. The van der Waals surface area contributed by atoms with E-state index in [2.05, 4.69) is 5.10 Å². The molecule has 2 aromatic rings. The molecule has 6 nitrogen and oxygen atoms in total. The van der Waals surface area contributed by atoms with Crippen molar-refractivity contribution >= 4 is 11.9 Å². The first kappa shape index (κ1) is 12.8. The Morgan fingerprint density at radius 2 is 2.00 bits per heavy atom. The van der Waals surface area contributed by atoms with E-state index in [4.69, 9.17) is 9.84 Å². The predicted octanol–water partition coefficient (Wildman–Crippen LogP) is 1.82. The van der Waals surface area contributed by atoms with Gasteiger partial charge in [0.25, 0.3) is 0 Å². The summed E-state index contributed by atoms with van der Waals surface area (Å²) in [6.45, 7) is 2.10. The van der Waals surface area contributed by atoms with Gasteiger partial charge in [-0.15, -0.1) is 0 Å². The zero-order valence-corrected chi connectivity index (χ0v) is 10.2. The lowest BCUT2D eigenvalue weighted by Crippen LogP contribution is -2.10. The molecule has 0 unspecified atom stereocenters. The van der Waals surface area contributed by atoms with Gasteiger partial charge in [0.1, 0.15) is 11.4 Å². The minimum absolute atomic E-state index is 0.0249. The number of carboxylic acids is 1. The Bertz CT molecular complexity index is 604. The number of esters is 1. The molecular weight excluding hydrogens is 248 g/mol. The van der Waals surface area contributed by atoms with Crippen molar-refractivity contribution in [1.82, 2.24) is 9.78 Å². The number of carbonyl (C=O) groups excluding carboxylic acids is 1. The lowest BCUT2D eigenvalue weighted by molar-refractivity contribution is 0.0681. The summed E-state index contributed by atoms with van der Waals surface area (Å²) in [5.74, 6) is -1.43. The van der Waals surface area contributed by atoms with Gasteiger partial charge in [0.05, 0.1) is 0 Å². The molecule has 1 heterocycles. The highest BCUT2D eigenvalue weighted by molar-refractivity contribution is 5.93. The molecule has 6 heteroatoms. The van der Waals surface area contributed by atoms with Gasteiger partial charge in [-0.2, -0.15) is 5.10 Å². The molecule has 1 N–H and O–H groups in total. The Hall–Kier alpha value is -2.63. The number of nitrogens with zero attached hydrogens (tertiary/aromatic N) is 2. The van der Waals surface area contributed by atoms with Crippen LogP contribution in [0.3, 0.4) is 0 Å². The maximum absolute atomic E-state index is 11.8. The third-order valence-corrected chi connectivity index (χ3v) is 2.46. The summed E-state index contributed by atoms with van der Waals surface area (Å²) in [6.07, 6.45) is 0. The van der Waals surface area contributed by atoms with Crippen LogP contribution in [0.2, 0.25) is 0 Å².